The van der Waals surface area contributed by atoms with E-state index in [1.807, 2.05) is 39.2 Å². The molecule has 0 bridgehead atoms. The fourth-order valence-electron chi connectivity index (χ4n) is 5.07. The van der Waals surface area contributed by atoms with Crippen molar-refractivity contribution in [3.8, 4) is 22.3 Å². The lowest BCUT2D eigenvalue weighted by Crippen LogP contribution is -2.50. The van der Waals surface area contributed by atoms with Crippen molar-refractivity contribution in [2.24, 2.45) is 0 Å². The van der Waals surface area contributed by atoms with E-state index in [-0.39, 0.29) is 11.7 Å². The first kappa shape index (κ1) is 26.2. The van der Waals surface area contributed by atoms with Gasteiger partial charge in [-0.25, -0.2) is 19.1 Å². The molecule has 4 heterocycles. The van der Waals surface area contributed by atoms with Gasteiger partial charge in [0.05, 0.1) is 17.3 Å². The van der Waals surface area contributed by atoms with Gasteiger partial charge in [0, 0.05) is 67.0 Å². The number of anilines is 1. The van der Waals surface area contributed by atoms with E-state index in [0.717, 1.165) is 46.4 Å². The van der Waals surface area contributed by atoms with Crippen LogP contribution in [0.4, 0.5) is 10.5 Å². The van der Waals surface area contributed by atoms with Crippen LogP contribution in [0.2, 0.25) is 0 Å². The predicted molar refractivity (Wildman–Crippen MR) is 156 cm³/mol. The summed E-state index contributed by atoms with van der Waals surface area (Å²) in [4.78, 5) is 36.9. The van der Waals surface area contributed by atoms with Crippen LogP contribution < -0.4 is 4.90 Å². The number of carbonyl (C=O) groups is 2. The molecule has 0 saturated carbocycles. The number of rotatable bonds is 4. The molecule has 0 unspecified atom stereocenters. The van der Waals surface area contributed by atoms with Crippen LogP contribution in [-0.2, 0) is 4.74 Å². The van der Waals surface area contributed by atoms with Crippen LogP contribution in [0.5, 0.6) is 0 Å². The van der Waals surface area contributed by atoms with E-state index in [2.05, 4.69) is 39.2 Å². The van der Waals surface area contributed by atoms with Gasteiger partial charge in [0.25, 0.3) is 0 Å². The van der Waals surface area contributed by atoms with Gasteiger partial charge < -0.3 is 19.6 Å². The molecule has 0 spiro atoms. The Bertz CT molecular complexity index is 1770. The zero-order chi connectivity index (χ0) is 28.7. The highest BCUT2D eigenvalue weighted by Crippen LogP contribution is 2.31. The predicted octanol–water partition coefficient (Wildman–Crippen LogP) is 5.37. The van der Waals surface area contributed by atoms with Gasteiger partial charge in [-0.2, -0.15) is 5.10 Å². The van der Waals surface area contributed by atoms with Crippen LogP contribution >= 0.6 is 0 Å². The average molecular weight is 551 g/mol. The Morgan fingerprint density at radius 3 is 2.34 bits per heavy atom. The molecule has 3 aromatic heterocycles. The first-order valence-electron chi connectivity index (χ1n) is 13.5. The summed E-state index contributed by atoms with van der Waals surface area (Å²) in [5.74, 6) is -0.988. The third-order valence-electron chi connectivity index (χ3n) is 7.13. The van der Waals surface area contributed by atoms with Gasteiger partial charge in [-0.1, -0.05) is 18.2 Å². The minimum absolute atomic E-state index is 0.193. The minimum Gasteiger partial charge on any atom is -0.478 e. The fraction of sp³-hybridized carbons (Fsp3) is 0.258. The van der Waals surface area contributed by atoms with Gasteiger partial charge in [0.15, 0.2) is 5.65 Å². The van der Waals surface area contributed by atoms with Gasteiger partial charge in [-0.3, -0.25) is 4.98 Å². The van der Waals surface area contributed by atoms with E-state index in [0.29, 0.717) is 24.3 Å². The van der Waals surface area contributed by atoms with Crippen LogP contribution in [0.1, 0.15) is 31.1 Å². The molecule has 10 heteroatoms. The van der Waals surface area contributed by atoms with Crippen LogP contribution in [-0.4, -0.2) is 73.4 Å². The van der Waals surface area contributed by atoms with E-state index in [4.69, 9.17) is 9.72 Å². The Morgan fingerprint density at radius 1 is 0.878 bits per heavy atom. The number of aromatic carboxylic acids is 1. The number of carbonyl (C=O) groups excluding carboxylic acids is 1. The normalized spacial score (nSPS) is 14.0. The molecule has 1 saturated heterocycles. The summed E-state index contributed by atoms with van der Waals surface area (Å²) >= 11 is 0. The number of hydrogen-bond donors (Lipinski definition) is 1. The first-order valence-corrected chi connectivity index (χ1v) is 13.5. The highest BCUT2D eigenvalue weighted by Gasteiger charge is 2.26. The van der Waals surface area contributed by atoms with Crippen LogP contribution in [0.15, 0.2) is 73.3 Å². The second kappa shape index (κ2) is 10.2. The third-order valence-corrected chi connectivity index (χ3v) is 7.13. The van der Waals surface area contributed by atoms with E-state index in [9.17, 15) is 14.7 Å². The van der Waals surface area contributed by atoms with Gasteiger partial charge >= 0.3 is 12.1 Å². The number of aromatic nitrogens is 4. The van der Waals surface area contributed by atoms with E-state index in [1.54, 1.807) is 40.0 Å². The number of hydrogen-bond acceptors (Lipinski definition) is 7. The van der Waals surface area contributed by atoms with Gasteiger partial charge in [-0.15, -0.1) is 0 Å². The Kier molecular flexibility index (Phi) is 6.53. The maximum Gasteiger partial charge on any atom is 0.410 e. The lowest BCUT2D eigenvalue weighted by Gasteiger charge is -2.36. The second-order valence-corrected chi connectivity index (χ2v) is 11.1. The number of fused-ring (bicyclic) bond motifs is 2. The summed E-state index contributed by atoms with van der Waals surface area (Å²) in [5.41, 5.74) is 5.77. The molecular weight excluding hydrogens is 520 g/mol. The van der Waals surface area contributed by atoms with Gasteiger partial charge in [0.2, 0.25) is 0 Å². The highest BCUT2D eigenvalue weighted by atomic mass is 16.6. The molecule has 5 aromatic rings. The summed E-state index contributed by atoms with van der Waals surface area (Å²) in [7, 11) is 0. The largest absolute Gasteiger partial charge is 0.478 e. The smallest absolute Gasteiger partial charge is 0.410 e. The molecule has 2 aromatic carbocycles. The standard InChI is InChI=1S/C31H30N6O4/c1-31(2,3)41-30(40)36-14-12-35(13-15-36)23-7-4-20(5-8-23)22-17-33-28-26(18-34-37(28)19-22)24-10-11-32-27-16-21(29(38)39)6-9-25(24)27/h4-11,16-19H,12-15H2,1-3H3,(H,38,39). The number of carboxylic acids is 1. The van der Waals surface area contributed by atoms with E-state index >= 15 is 0 Å². The van der Waals surface area contributed by atoms with Gasteiger partial charge in [-0.05, 0) is 62.2 Å². The van der Waals surface area contributed by atoms with E-state index in [1.165, 1.54) is 0 Å². The van der Waals surface area contributed by atoms with Crippen molar-refractivity contribution in [3.63, 3.8) is 0 Å². The Hall–Kier alpha value is -4.99. The number of pyridine rings is 1. The maximum absolute atomic E-state index is 12.4. The van der Waals surface area contributed by atoms with Crippen molar-refractivity contribution in [2.75, 3.05) is 31.1 Å². The molecule has 1 aliphatic rings. The quantitative estimate of drug-likeness (QED) is 0.318. The molecule has 1 fully saturated rings. The molecular formula is C31H30N6O4. The fourth-order valence-corrected chi connectivity index (χ4v) is 5.07. The SMILES string of the molecule is CC(C)(C)OC(=O)N1CCN(c2ccc(-c3cnc4c(-c5ccnc6cc(C(=O)O)ccc56)cnn4c3)cc2)CC1. The Balaban J connectivity index is 1.19. The topological polar surface area (TPSA) is 113 Å². The van der Waals surface area contributed by atoms with Crippen molar-refractivity contribution < 1.29 is 19.4 Å². The molecule has 0 atom stereocenters. The number of ether oxygens (including phenoxy) is 1. The summed E-state index contributed by atoms with van der Waals surface area (Å²) in [5, 5.41) is 14.7. The highest BCUT2D eigenvalue weighted by molar-refractivity contribution is 6.00. The summed E-state index contributed by atoms with van der Waals surface area (Å²) in [6, 6.07) is 15.1. The lowest BCUT2D eigenvalue weighted by atomic mass is 10.0. The van der Waals surface area contributed by atoms with Crippen LogP contribution in [0.3, 0.4) is 0 Å². The first-order chi connectivity index (χ1) is 19.7. The number of amides is 1. The lowest BCUT2D eigenvalue weighted by molar-refractivity contribution is 0.0240. The van der Waals surface area contributed by atoms with Crippen molar-refractivity contribution in [1.82, 2.24) is 24.5 Å². The molecule has 10 nitrogen and oxygen atoms in total. The second-order valence-electron chi connectivity index (χ2n) is 11.1. The Labute approximate surface area is 236 Å². The molecule has 41 heavy (non-hydrogen) atoms. The minimum atomic E-state index is -0.988. The zero-order valence-electron chi connectivity index (χ0n) is 23.1. The molecule has 0 aliphatic carbocycles. The van der Waals surface area contributed by atoms with Crippen molar-refractivity contribution in [1.29, 1.82) is 0 Å². The Morgan fingerprint density at radius 2 is 1.63 bits per heavy atom. The molecule has 1 amide bonds. The molecule has 208 valence electrons. The van der Waals surface area contributed by atoms with Gasteiger partial charge in [0.1, 0.15) is 5.60 Å². The van der Waals surface area contributed by atoms with E-state index < -0.39 is 11.6 Å². The van der Waals surface area contributed by atoms with Crippen LogP contribution in [0.25, 0.3) is 38.8 Å². The molecule has 1 aliphatic heterocycles. The number of nitrogens with zero attached hydrogens (tertiary/aromatic N) is 6. The number of piperazine rings is 1. The number of benzene rings is 2. The monoisotopic (exact) mass is 550 g/mol. The summed E-state index contributed by atoms with van der Waals surface area (Å²) in [6.45, 7) is 8.35. The zero-order valence-corrected chi connectivity index (χ0v) is 23.1. The average Bonchev–Trinajstić information content (AvgIpc) is 3.39. The molecule has 6 rings (SSSR count). The molecule has 1 N–H and O–H groups in total. The number of carboxylic acid groups (broad SMARTS) is 1. The van der Waals surface area contributed by atoms with Crippen molar-refractivity contribution >= 4 is 34.3 Å². The van der Waals surface area contributed by atoms with Crippen molar-refractivity contribution in [3.05, 3.63) is 78.9 Å². The maximum atomic E-state index is 12.4. The summed E-state index contributed by atoms with van der Waals surface area (Å²) in [6.07, 6.45) is 6.96. The van der Waals surface area contributed by atoms with Crippen LogP contribution in [0, 0.1) is 0 Å². The third kappa shape index (κ3) is 5.28. The molecule has 0 radical (unpaired) electrons. The van der Waals surface area contributed by atoms with Crippen molar-refractivity contribution in [2.45, 2.75) is 26.4 Å². The summed E-state index contributed by atoms with van der Waals surface area (Å²) < 4.78 is 7.26.